The van der Waals surface area contributed by atoms with Crippen molar-refractivity contribution in [2.45, 2.75) is 30.9 Å². The summed E-state index contributed by atoms with van der Waals surface area (Å²) in [6.07, 6.45) is 3.86. The second-order valence-electron chi connectivity index (χ2n) is 7.21. The number of rotatable bonds is 6. The first-order chi connectivity index (χ1) is 13.2. The van der Waals surface area contributed by atoms with E-state index in [1.54, 1.807) is 11.3 Å². The number of hydrogen-bond donors (Lipinski definition) is 0. The molecule has 1 saturated heterocycles. The summed E-state index contributed by atoms with van der Waals surface area (Å²) in [6, 6.07) is 14.0. The van der Waals surface area contributed by atoms with Crippen molar-refractivity contribution >= 4 is 17.2 Å². The number of ether oxygens (including phenoxy) is 1. The number of benzene rings is 1. The van der Waals surface area contributed by atoms with E-state index in [1.807, 2.05) is 52.2 Å². The van der Waals surface area contributed by atoms with Gasteiger partial charge in [-0.25, -0.2) is 4.68 Å². The second kappa shape index (κ2) is 6.49. The van der Waals surface area contributed by atoms with Gasteiger partial charge in [0.1, 0.15) is 18.1 Å². The van der Waals surface area contributed by atoms with Crippen molar-refractivity contribution in [3.63, 3.8) is 0 Å². The maximum Gasteiger partial charge on any atom is 0.234 e. The minimum absolute atomic E-state index is 0.200. The van der Waals surface area contributed by atoms with Gasteiger partial charge in [0.25, 0.3) is 0 Å². The SMILES string of the molecule is O=C(N1CC(n2cc(COc3ccccc3)nn2)C1)C1(c2cccs2)CC1. The van der Waals surface area contributed by atoms with Gasteiger partial charge >= 0.3 is 0 Å². The molecule has 0 spiro atoms. The monoisotopic (exact) mass is 380 g/mol. The van der Waals surface area contributed by atoms with E-state index in [9.17, 15) is 4.79 Å². The molecular formula is C20H20N4O2S. The molecule has 2 aromatic heterocycles. The lowest BCUT2D eigenvalue weighted by Crippen LogP contribution is -2.54. The van der Waals surface area contributed by atoms with Gasteiger partial charge in [-0.2, -0.15) is 0 Å². The molecule has 0 atom stereocenters. The fourth-order valence-corrected chi connectivity index (χ4v) is 4.54. The van der Waals surface area contributed by atoms with Crippen molar-refractivity contribution in [3.8, 4) is 5.75 Å². The molecule has 0 unspecified atom stereocenters. The molecule has 2 aliphatic rings. The summed E-state index contributed by atoms with van der Waals surface area (Å²) >= 11 is 1.69. The Bertz CT molecular complexity index is 928. The smallest absolute Gasteiger partial charge is 0.234 e. The number of nitrogens with zero attached hydrogens (tertiary/aromatic N) is 4. The molecule has 0 bridgehead atoms. The topological polar surface area (TPSA) is 60.2 Å². The number of likely N-dealkylation sites (tertiary alicyclic amines) is 1. The van der Waals surface area contributed by atoms with Gasteiger partial charge in [0, 0.05) is 18.0 Å². The number of aromatic nitrogens is 3. The molecular weight excluding hydrogens is 360 g/mol. The Labute approximate surface area is 161 Å². The molecule has 1 amide bonds. The Morgan fingerprint density at radius 3 is 2.70 bits per heavy atom. The Kier molecular flexibility index (Phi) is 3.97. The van der Waals surface area contributed by atoms with E-state index in [-0.39, 0.29) is 17.4 Å². The Balaban J connectivity index is 1.17. The lowest BCUT2D eigenvalue weighted by Gasteiger charge is -2.40. The van der Waals surface area contributed by atoms with Crippen molar-refractivity contribution in [3.05, 3.63) is 64.6 Å². The Morgan fingerprint density at radius 1 is 1.19 bits per heavy atom. The van der Waals surface area contributed by atoms with Crippen LogP contribution in [-0.2, 0) is 16.8 Å². The van der Waals surface area contributed by atoms with E-state index in [1.165, 1.54) is 4.88 Å². The molecule has 7 heteroatoms. The number of hydrogen-bond acceptors (Lipinski definition) is 5. The first-order valence-corrected chi connectivity index (χ1v) is 10.0. The fourth-order valence-electron chi connectivity index (χ4n) is 3.56. The van der Waals surface area contributed by atoms with E-state index in [2.05, 4.69) is 21.8 Å². The number of para-hydroxylation sites is 1. The summed E-state index contributed by atoms with van der Waals surface area (Å²) in [5.74, 6) is 1.09. The predicted octanol–water partition coefficient (Wildman–Crippen LogP) is 3.03. The largest absolute Gasteiger partial charge is 0.487 e. The third kappa shape index (κ3) is 3.02. The molecule has 0 radical (unpaired) electrons. The molecule has 2 fully saturated rings. The van der Waals surface area contributed by atoms with Crippen molar-refractivity contribution in [2.75, 3.05) is 13.1 Å². The highest BCUT2D eigenvalue weighted by atomic mass is 32.1. The summed E-state index contributed by atoms with van der Waals surface area (Å²) in [7, 11) is 0. The molecule has 3 heterocycles. The van der Waals surface area contributed by atoms with E-state index >= 15 is 0 Å². The quantitative estimate of drug-likeness (QED) is 0.660. The maximum absolute atomic E-state index is 12.9. The van der Waals surface area contributed by atoms with Crippen LogP contribution in [0.3, 0.4) is 0 Å². The summed E-state index contributed by atoms with van der Waals surface area (Å²) < 4.78 is 7.57. The molecule has 1 aliphatic carbocycles. The van der Waals surface area contributed by atoms with Crippen molar-refractivity contribution in [2.24, 2.45) is 0 Å². The highest BCUT2D eigenvalue weighted by Crippen LogP contribution is 2.52. The zero-order valence-electron chi connectivity index (χ0n) is 14.8. The van der Waals surface area contributed by atoms with Gasteiger partial charge in [-0.05, 0) is 36.4 Å². The third-order valence-corrected chi connectivity index (χ3v) is 6.44. The summed E-state index contributed by atoms with van der Waals surface area (Å²) in [5, 5.41) is 10.5. The molecule has 3 aromatic rings. The van der Waals surface area contributed by atoms with Crippen LogP contribution in [0.2, 0.25) is 0 Å². The van der Waals surface area contributed by atoms with Gasteiger partial charge in [-0.1, -0.05) is 29.5 Å². The molecule has 5 rings (SSSR count). The normalized spacial score (nSPS) is 18.1. The first kappa shape index (κ1) is 16.5. The number of thiophene rings is 1. The third-order valence-electron chi connectivity index (χ3n) is 5.36. The van der Waals surface area contributed by atoms with Gasteiger partial charge in [0.2, 0.25) is 5.91 Å². The minimum Gasteiger partial charge on any atom is -0.487 e. The van der Waals surface area contributed by atoms with E-state index < -0.39 is 0 Å². The molecule has 1 aliphatic heterocycles. The number of carbonyl (C=O) groups excluding carboxylic acids is 1. The zero-order valence-corrected chi connectivity index (χ0v) is 15.6. The van der Waals surface area contributed by atoms with E-state index in [4.69, 9.17) is 4.74 Å². The van der Waals surface area contributed by atoms with E-state index in [0.717, 1.165) is 24.3 Å². The number of carbonyl (C=O) groups is 1. The molecule has 1 saturated carbocycles. The summed E-state index contributed by atoms with van der Waals surface area (Å²) in [6.45, 7) is 1.80. The van der Waals surface area contributed by atoms with Crippen molar-refractivity contribution in [1.29, 1.82) is 0 Å². The molecule has 0 N–H and O–H groups in total. The van der Waals surface area contributed by atoms with Crippen LogP contribution in [0.15, 0.2) is 54.0 Å². The molecule has 27 heavy (non-hydrogen) atoms. The maximum atomic E-state index is 12.9. The lowest BCUT2D eigenvalue weighted by atomic mass is 9.99. The van der Waals surface area contributed by atoms with Crippen LogP contribution in [0.25, 0.3) is 0 Å². The number of amides is 1. The first-order valence-electron chi connectivity index (χ1n) is 9.16. The standard InChI is InChI=1S/C20H20N4O2S/c25-19(20(8-9-20)18-7-4-10-27-18)23-12-16(13-23)24-11-15(21-22-24)14-26-17-5-2-1-3-6-17/h1-7,10-11,16H,8-9,12-14H2. The predicted molar refractivity (Wildman–Crippen MR) is 102 cm³/mol. The highest BCUT2D eigenvalue weighted by Gasteiger charge is 2.55. The fraction of sp³-hybridized carbons (Fsp3) is 0.350. The van der Waals surface area contributed by atoms with Crippen LogP contribution < -0.4 is 4.74 Å². The second-order valence-corrected chi connectivity index (χ2v) is 8.16. The van der Waals surface area contributed by atoms with Crippen LogP contribution >= 0.6 is 11.3 Å². The average molecular weight is 380 g/mol. The van der Waals surface area contributed by atoms with Crippen LogP contribution in [0.5, 0.6) is 5.75 Å². The van der Waals surface area contributed by atoms with Crippen LogP contribution in [0.4, 0.5) is 0 Å². The van der Waals surface area contributed by atoms with Gasteiger partial charge in [-0.15, -0.1) is 16.4 Å². The molecule has 1 aromatic carbocycles. The molecule has 138 valence electrons. The Hall–Kier alpha value is -2.67. The summed E-state index contributed by atoms with van der Waals surface area (Å²) in [5.41, 5.74) is 0.553. The lowest BCUT2D eigenvalue weighted by molar-refractivity contribution is -0.140. The van der Waals surface area contributed by atoms with Gasteiger partial charge in [-0.3, -0.25) is 4.79 Å². The van der Waals surface area contributed by atoms with Crippen molar-refractivity contribution < 1.29 is 9.53 Å². The zero-order chi connectivity index (χ0) is 18.3. The van der Waals surface area contributed by atoms with E-state index in [0.29, 0.717) is 19.7 Å². The average Bonchev–Trinajstić information content (AvgIpc) is 3.06. The highest BCUT2D eigenvalue weighted by molar-refractivity contribution is 7.10. The van der Waals surface area contributed by atoms with Crippen LogP contribution in [0, 0.1) is 0 Å². The van der Waals surface area contributed by atoms with Gasteiger partial charge < -0.3 is 9.64 Å². The summed E-state index contributed by atoms with van der Waals surface area (Å²) in [4.78, 5) is 16.1. The van der Waals surface area contributed by atoms with Crippen molar-refractivity contribution in [1.82, 2.24) is 19.9 Å². The van der Waals surface area contributed by atoms with Crippen LogP contribution in [0.1, 0.15) is 29.5 Å². The minimum atomic E-state index is -0.240. The molecule has 6 nitrogen and oxygen atoms in total. The van der Waals surface area contributed by atoms with Gasteiger partial charge in [0.05, 0.1) is 17.7 Å². The Morgan fingerprint density at radius 2 is 2.00 bits per heavy atom. The van der Waals surface area contributed by atoms with Gasteiger partial charge in [0.15, 0.2) is 0 Å². The van der Waals surface area contributed by atoms with Crippen LogP contribution in [-0.4, -0.2) is 38.9 Å².